The molecule has 4 N–H and O–H groups in total. The second-order valence-electron chi connectivity index (χ2n) is 4.25. The summed E-state index contributed by atoms with van der Waals surface area (Å²) in [5, 5.41) is 3.53. The minimum Gasteiger partial charge on any atom is -0.350 e. The van der Waals surface area contributed by atoms with Gasteiger partial charge in [-0.15, -0.1) is 0 Å². The Morgan fingerprint density at radius 3 is 2.85 bits per heavy atom. The Labute approximate surface area is 119 Å². The van der Waals surface area contributed by atoms with Crippen LogP contribution >= 0.6 is 0 Å². The predicted molar refractivity (Wildman–Crippen MR) is 80.8 cm³/mol. The van der Waals surface area contributed by atoms with E-state index in [4.69, 9.17) is 5.84 Å². The van der Waals surface area contributed by atoms with Gasteiger partial charge in [0.15, 0.2) is 0 Å². The van der Waals surface area contributed by atoms with Crippen molar-refractivity contribution in [2.75, 3.05) is 24.0 Å². The van der Waals surface area contributed by atoms with Crippen LogP contribution in [0, 0.1) is 0 Å². The molecule has 20 heavy (non-hydrogen) atoms. The summed E-state index contributed by atoms with van der Waals surface area (Å²) in [5.74, 6) is 5.59. The summed E-state index contributed by atoms with van der Waals surface area (Å²) in [7, 11) is -0.934. The van der Waals surface area contributed by atoms with E-state index in [2.05, 4.69) is 15.7 Å². The molecule has 0 saturated carbocycles. The number of carbonyl (C=O) groups excluding carboxylic acids is 1. The highest BCUT2D eigenvalue weighted by Gasteiger charge is 2.11. The summed E-state index contributed by atoms with van der Waals surface area (Å²) in [6.45, 7) is 0.349. The Hall–Kier alpha value is -1.99. The van der Waals surface area contributed by atoms with Gasteiger partial charge in [0.1, 0.15) is 5.69 Å². The van der Waals surface area contributed by atoms with Crippen LogP contribution in [0.4, 0.5) is 5.69 Å². The molecule has 0 aliphatic heterocycles. The first-order valence-electron chi connectivity index (χ1n) is 6.06. The third-order valence-electron chi connectivity index (χ3n) is 2.78. The number of fused-ring (bicyclic) bond motifs is 1. The van der Waals surface area contributed by atoms with Gasteiger partial charge in [0.05, 0.1) is 11.2 Å². The maximum Gasteiger partial charge on any atom is 0.270 e. The van der Waals surface area contributed by atoms with Crippen LogP contribution in [-0.2, 0) is 10.8 Å². The third kappa shape index (κ3) is 3.31. The van der Waals surface area contributed by atoms with Crippen LogP contribution < -0.4 is 16.6 Å². The second-order valence-corrected chi connectivity index (χ2v) is 5.80. The first-order chi connectivity index (χ1) is 9.61. The van der Waals surface area contributed by atoms with E-state index in [-0.39, 0.29) is 11.6 Å². The molecule has 0 bridgehead atoms. The number of benzene rings is 1. The average Bonchev–Trinajstić information content (AvgIpc) is 2.45. The van der Waals surface area contributed by atoms with Crippen molar-refractivity contribution in [1.82, 2.24) is 10.3 Å². The van der Waals surface area contributed by atoms with Gasteiger partial charge < -0.3 is 10.7 Å². The lowest BCUT2D eigenvalue weighted by Gasteiger charge is -2.09. The van der Waals surface area contributed by atoms with Crippen molar-refractivity contribution in [3.05, 3.63) is 36.0 Å². The van der Waals surface area contributed by atoms with Crippen LogP contribution in [0.15, 0.2) is 30.3 Å². The van der Waals surface area contributed by atoms with Gasteiger partial charge in [-0.2, -0.15) is 0 Å². The number of nitrogens with two attached hydrogens (primary N) is 1. The quantitative estimate of drug-likeness (QED) is 0.555. The van der Waals surface area contributed by atoms with E-state index in [0.29, 0.717) is 23.5 Å². The SMILES string of the molecule is CS(=O)CCNC(=O)c1cc(NN)c2ccccc2n1. The van der Waals surface area contributed by atoms with E-state index >= 15 is 0 Å². The molecule has 0 spiro atoms. The molecule has 2 aromatic rings. The van der Waals surface area contributed by atoms with E-state index in [1.54, 1.807) is 12.3 Å². The number of para-hydroxylation sites is 1. The molecule has 7 heteroatoms. The molecule has 1 amide bonds. The Bertz CT molecular complexity index is 660. The van der Waals surface area contributed by atoms with Gasteiger partial charge >= 0.3 is 0 Å². The van der Waals surface area contributed by atoms with Gasteiger partial charge in [-0.3, -0.25) is 14.8 Å². The molecule has 106 valence electrons. The van der Waals surface area contributed by atoms with Gasteiger partial charge in [0, 0.05) is 34.7 Å². The average molecular weight is 292 g/mol. The first-order valence-corrected chi connectivity index (χ1v) is 7.79. The highest BCUT2D eigenvalue weighted by atomic mass is 32.2. The topological polar surface area (TPSA) is 97.1 Å². The lowest BCUT2D eigenvalue weighted by molar-refractivity contribution is 0.0951. The first kappa shape index (κ1) is 14.4. The Balaban J connectivity index is 2.25. The smallest absolute Gasteiger partial charge is 0.270 e. The maximum absolute atomic E-state index is 12.0. The van der Waals surface area contributed by atoms with Crippen molar-refractivity contribution < 1.29 is 9.00 Å². The molecular formula is C13H16N4O2S. The van der Waals surface area contributed by atoms with E-state index in [1.807, 2.05) is 24.3 Å². The number of hydrogen-bond donors (Lipinski definition) is 3. The number of carbonyl (C=O) groups is 1. The van der Waals surface area contributed by atoms with Crippen LogP contribution in [0.25, 0.3) is 10.9 Å². The van der Waals surface area contributed by atoms with Crippen molar-refractivity contribution in [1.29, 1.82) is 0 Å². The zero-order chi connectivity index (χ0) is 14.5. The fraction of sp³-hybridized carbons (Fsp3) is 0.231. The minimum absolute atomic E-state index is 0.276. The molecular weight excluding hydrogens is 276 g/mol. The fourth-order valence-corrected chi connectivity index (χ4v) is 2.20. The number of pyridine rings is 1. The number of hydrazine groups is 1. The van der Waals surface area contributed by atoms with Crippen LogP contribution in [0.2, 0.25) is 0 Å². The van der Waals surface area contributed by atoms with Crippen molar-refractivity contribution in [2.24, 2.45) is 5.84 Å². The van der Waals surface area contributed by atoms with E-state index in [1.165, 1.54) is 0 Å². The van der Waals surface area contributed by atoms with Gasteiger partial charge in [0.25, 0.3) is 5.91 Å². The molecule has 0 fully saturated rings. The molecule has 1 aromatic carbocycles. The molecule has 0 radical (unpaired) electrons. The molecule has 0 saturated heterocycles. The number of anilines is 1. The summed E-state index contributed by atoms with van der Waals surface area (Å²) in [6.07, 6.45) is 1.59. The molecule has 0 aliphatic rings. The summed E-state index contributed by atoms with van der Waals surface area (Å²) >= 11 is 0. The summed E-state index contributed by atoms with van der Waals surface area (Å²) < 4.78 is 11.0. The molecule has 0 aliphatic carbocycles. The predicted octanol–water partition coefficient (Wildman–Crippen LogP) is 0.629. The number of hydrogen-bond acceptors (Lipinski definition) is 5. The third-order valence-corrected chi connectivity index (χ3v) is 3.56. The van der Waals surface area contributed by atoms with Crippen molar-refractivity contribution in [3.63, 3.8) is 0 Å². The Morgan fingerprint density at radius 2 is 2.15 bits per heavy atom. The molecule has 1 unspecified atom stereocenters. The van der Waals surface area contributed by atoms with Gasteiger partial charge in [-0.1, -0.05) is 18.2 Å². The number of aromatic nitrogens is 1. The largest absolute Gasteiger partial charge is 0.350 e. The standard InChI is InChI=1S/C13H16N4O2S/c1-20(19)7-6-15-13(18)12-8-11(17-14)9-4-2-3-5-10(9)16-12/h2-5,8H,6-7,14H2,1H3,(H,15,18)(H,16,17). The Kier molecular flexibility index (Phi) is 4.65. The molecule has 1 heterocycles. The monoisotopic (exact) mass is 292 g/mol. The van der Waals surface area contributed by atoms with E-state index < -0.39 is 10.8 Å². The van der Waals surface area contributed by atoms with E-state index in [9.17, 15) is 9.00 Å². The molecule has 1 aromatic heterocycles. The normalized spacial score (nSPS) is 12.1. The minimum atomic E-state index is -0.934. The molecule has 1 atom stereocenters. The van der Waals surface area contributed by atoms with Crippen molar-refractivity contribution >= 4 is 33.3 Å². The highest BCUT2D eigenvalue weighted by molar-refractivity contribution is 7.84. The van der Waals surface area contributed by atoms with Gasteiger partial charge in [-0.05, 0) is 12.1 Å². The summed E-state index contributed by atoms with van der Waals surface area (Å²) in [5.41, 5.74) is 4.17. The summed E-state index contributed by atoms with van der Waals surface area (Å²) in [4.78, 5) is 16.3. The number of nitrogen functional groups attached to an aromatic ring is 1. The number of rotatable bonds is 5. The van der Waals surface area contributed by atoms with Crippen LogP contribution in [0.3, 0.4) is 0 Å². The summed E-state index contributed by atoms with van der Waals surface area (Å²) in [6, 6.07) is 9.01. The van der Waals surface area contributed by atoms with Crippen molar-refractivity contribution in [2.45, 2.75) is 0 Å². The Morgan fingerprint density at radius 1 is 1.40 bits per heavy atom. The second kappa shape index (κ2) is 6.44. The van der Waals surface area contributed by atoms with Crippen LogP contribution in [0.5, 0.6) is 0 Å². The van der Waals surface area contributed by atoms with Crippen molar-refractivity contribution in [3.8, 4) is 0 Å². The van der Waals surface area contributed by atoms with Crippen LogP contribution in [-0.4, -0.2) is 33.7 Å². The van der Waals surface area contributed by atoms with Gasteiger partial charge in [-0.25, -0.2) is 4.98 Å². The molecule has 6 nitrogen and oxygen atoms in total. The fourth-order valence-electron chi connectivity index (χ4n) is 1.81. The zero-order valence-electron chi connectivity index (χ0n) is 11.1. The highest BCUT2D eigenvalue weighted by Crippen LogP contribution is 2.22. The van der Waals surface area contributed by atoms with Crippen LogP contribution in [0.1, 0.15) is 10.5 Å². The zero-order valence-corrected chi connectivity index (χ0v) is 11.9. The number of nitrogens with zero attached hydrogens (tertiary/aromatic N) is 1. The number of nitrogens with one attached hydrogen (secondary N) is 2. The molecule has 2 rings (SSSR count). The van der Waals surface area contributed by atoms with Gasteiger partial charge in [0.2, 0.25) is 0 Å². The number of amides is 1. The lowest BCUT2D eigenvalue weighted by atomic mass is 10.1. The van der Waals surface area contributed by atoms with E-state index in [0.717, 1.165) is 5.39 Å². The lowest BCUT2D eigenvalue weighted by Crippen LogP contribution is -2.28. The maximum atomic E-state index is 12.0.